The summed E-state index contributed by atoms with van der Waals surface area (Å²) in [6.45, 7) is 0.673. The van der Waals surface area contributed by atoms with Crippen LogP contribution in [0.4, 0.5) is 0 Å². The molecule has 9 N–H and O–H groups in total. The van der Waals surface area contributed by atoms with E-state index in [9.17, 15) is 29.1 Å². The van der Waals surface area contributed by atoms with E-state index in [4.69, 9.17) is 16.6 Å². The summed E-state index contributed by atoms with van der Waals surface area (Å²) in [5.74, 6) is -4.06. The molecule has 0 aliphatic carbocycles. The minimum absolute atomic E-state index is 0.0241. The molecule has 14 nitrogen and oxygen atoms in total. The Morgan fingerprint density at radius 1 is 1.14 bits per heavy atom. The van der Waals surface area contributed by atoms with Gasteiger partial charge in [-0.15, -0.1) is 0 Å². The predicted octanol–water partition coefficient (Wildman–Crippen LogP) is -1.68. The zero-order chi connectivity index (χ0) is 26.7. The molecule has 14 heteroatoms. The van der Waals surface area contributed by atoms with E-state index >= 15 is 0 Å². The molecule has 1 aromatic heterocycles. The first kappa shape index (κ1) is 28.7. The topological polar surface area (TPSA) is 234 Å². The van der Waals surface area contributed by atoms with Crippen molar-refractivity contribution in [1.29, 1.82) is 0 Å². The molecule has 0 aromatic carbocycles. The molecular weight excluding hydrogens is 474 g/mol. The summed E-state index contributed by atoms with van der Waals surface area (Å²) in [5, 5.41) is 23.5. The second kappa shape index (κ2) is 14.1. The molecule has 36 heavy (non-hydrogen) atoms. The number of carbonyl (C=O) groups is 5. The van der Waals surface area contributed by atoms with Gasteiger partial charge >= 0.3 is 11.9 Å². The highest BCUT2D eigenvalue weighted by Crippen LogP contribution is 2.20. The Labute approximate surface area is 208 Å². The van der Waals surface area contributed by atoms with Gasteiger partial charge in [-0.25, -0.2) is 9.78 Å². The van der Waals surface area contributed by atoms with Crippen LogP contribution in [0.3, 0.4) is 0 Å². The molecule has 200 valence electrons. The predicted molar refractivity (Wildman–Crippen MR) is 126 cm³/mol. The van der Waals surface area contributed by atoms with Crippen LogP contribution in [0.2, 0.25) is 0 Å². The molecule has 1 fully saturated rings. The number of carboxylic acids is 2. The lowest BCUT2D eigenvalue weighted by atomic mass is 10.1. The van der Waals surface area contributed by atoms with E-state index in [1.54, 1.807) is 0 Å². The number of aromatic nitrogens is 2. The van der Waals surface area contributed by atoms with Crippen LogP contribution >= 0.6 is 0 Å². The van der Waals surface area contributed by atoms with E-state index < -0.39 is 53.8 Å². The van der Waals surface area contributed by atoms with Crippen LogP contribution < -0.4 is 22.1 Å². The summed E-state index contributed by atoms with van der Waals surface area (Å²) in [6.07, 6.45) is 4.74. The maximum Gasteiger partial charge on any atom is 0.326 e. The number of nitrogens with zero attached hydrogens (tertiary/aromatic N) is 2. The first-order valence-corrected chi connectivity index (χ1v) is 11.9. The SMILES string of the molecule is NCCCCC(NC(=O)C1CCCN1C(=O)C(N)CCC(=O)O)C(=O)NC(Cc1cnc[nH]1)C(=O)O. The first-order valence-electron chi connectivity index (χ1n) is 11.9. The summed E-state index contributed by atoms with van der Waals surface area (Å²) >= 11 is 0. The van der Waals surface area contributed by atoms with Crippen molar-refractivity contribution >= 4 is 29.7 Å². The van der Waals surface area contributed by atoms with Crippen LogP contribution in [-0.2, 0) is 30.4 Å². The van der Waals surface area contributed by atoms with Gasteiger partial charge in [0.2, 0.25) is 17.7 Å². The number of aliphatic carboxylic acids is 2. The Bertz CT molecular complexity index is 909. The van der Waals surface area contributed by atoms with Crippen molar-refractivity contribution in [3.05, 3.63) is 18.2 Å². The third-order valence-corrected chi connectivity index (χ3v) is 6.00. The number of rotatable bonds is 15. The molecule has 0 bridgehead atoms. The molecule has 2 heterocycles. The number of carboxylic acid groups (broad SMARTS) is 2. The van der Waals surface area contributed by atoms with Crippen molar-refractivity contribution in [2.24, 2.45) is 11.5 Å². The average Bonchev–Trinajstić information content (AvgIpc) is 3.53. The van der Waals surface area contributed by atoms with Gasteiger partial charge in [0, 0.05) is 31.3 Å². The monoisotopic (exact) mass is 509 g/mol. The highest BCUT2D eigenvalue weighted by Gasteiger charge is 2.38. The Hall–Kier alpha value is -3.52. The molecule has 3 amide bonds. The lowest BCUT2D eigenvalue weighted by Crippen LogP contribution is -2.56. The number of amides is 3. The maximum atomic E-state index is 13.1. The number of imidazole rings is 1. The molecule has 0 radical (unpaired) electrons. The van der Waals surface area contributed by atoms with Gasteiger partial charge in [0.05, 0.1) is 12.4 Å². The van der Waals surface area contributed by atoms with Gasteiger partial charge in [0.25, 0.3) is 0 Å². The molecule has 4 atom stereocenters. The Morgan fingerprint density at radius 3 is 2.50 bits per heavy atom. The summed E-state index contributed by atoms with van der Waals surface area (Å²) < 4.78 is 0. The number of aromatic amines is 1. The van der Waals surface area contributed by atoms with Crippen molar-refractivity contribution in [1.82, 2.24) is 25.5 Å². The highest BCUT2D eigenvalue weighted by molar-refractivity contribution is 5.94. The van der Waals surface area contributed by atoms with Gasteiger partial charge in [-0.3, -0.25) is 19.2 Å². The van der Waals surface area contributed by atoms with Gasteiger partial charge in [0.15, 0.2) is 0 Å². The molecule has 0 saturated carbocycles. The zero-order valence-corrected chi connectivity index (χ0v) is 20.0. The number of hydrogen-bond donors (Lipinski definition) is 7. The zero-order valence-electron chi connectivity index (χ0n) is 20.0. The molecule has 1 aliphatic rings. The van der Waals surface area contributed by atoms with Gasteiger partial charge < -0.3 is 42.2 Å². The van der Waals surface area contributed by atoms with Crippen molar-refractivity contribution in [2.75, 3.05) is 13.1 Å². The third kappa shape index (κ3) is 8.61. The van der Waals surface area contributed by atoms with Crippen LogP contribution in [-0.4, -0.2) is 92.0 Å². The Balaban J connectivity index is 2.07. The number of unbranched alkanes of at least 4 members (excludes halogenated alkanes) is 1. The van der Waals surface area contributed by atoms with Crippen molar-refractivity contribution in [3.63, 3.8) is 0 Å². The van der Waals surface area contributed by atoms with Crippen LogP contribution in [0.15, 0.2) is 12.5 Å². The maximum absolute atomic E-state index is 13.1. The van der Waals surface area contributed by atoms with E-state index in [1.807, 2.05) is 0 Å². The number of nitrogens with two attached hydrogens (primary N) is 2. The lowest BCUT2D eigenvalue weighted by molar-refractivity contribution is -0.143. The summed E-state index contributed by atoms with van der Waals surface area (Å²) in [4.78, 5) is 69.3. The molecule has 4 unspecified atom stereocenters. The molecule has 1 aromatic rings. The van der Waals surface area contributed by atoms with Crippen LogP contribution in [0.1, 0.15) is 50.6 Å². The molecular formula is C22H35N7O7. The fourth-order valence-corrected chi connectivity index (χ4v) is 4.04. The molecule has 2 rings (SSSR count). The van der Waals surface area contributed by atoms with E-state index in [2.05, 4.69) is 20.6 Å². The van der Waals surface area contributed by atoms with Gasteiger partial charge in [-0.05, 0) is 45.1 Å². The minimum atomic E-state index is -1.25. The van der Waals surface area contributed by atoms with Crippen molar-refractivity contribution in [2.45, 2.75) is 75.5 Å². The third-order valence-electron chi connectivity index (χ3n) is 6.00. The minimum Gasteiger partial charge on any atom is -0.481 e. The molecule has 0 spiro atoms. The largest absolute Gasteiger partial charge is 0.481 e. The van der Waals surface area contributed by atoms with E-state index in [1.165, 1.54) is 17.4 Å². The number of likely N-dealkylation sites (tertiary alicyclic amines) is 1. The van der Waals surface area contributed by atoms with E-state index in [0.717, 1.165) is 0 Å². The van der Waals surface area contributed by atoms with Gasteiger partial charge in [0.1, 0.15) is 18.1 Å². The quantitative estimate of drug-likeness (QED) is 0.133. The highest BCUT2D eigenvalue weighted by atomic mass is 16.4. The number of carbonyl (C=O) groups excluding carboxylic acids is 3. The second-order valence-corrected chi connectivity index (χ2v) is 8.75. The van der Waals surface area contributed by atoms with Crippen LogP contribution in [0, 0.1) is 0 Å². The van der Waals surface area contributed by atoms with E-state index in [-0.39, 0.29) is 32.2 Å². The molecule has 1 saturated heterocycles. The standard InChI is InChI=1S/C22H35N7O7/c23-8-2-1-4-15(19(32)28-16(22(35)36)10-13-11-25-12-26-13)27-20(33)17-5-3-9-29(17)21(34)14(24)6-7-18(30)31/h11-12,14-17H,1-10,23-24H2,(H,25,26)(H,27,33)(H,28,32)(H,30,31)(H,35,36). The van der Waals surface area contributed by atoms with E-state index in [0.29, 0.717) is 37.9 Å². The first-order chi connectivity index (χ1) is 17.1. The Morgan fingerprint density at radius 2 is 1.89 bits per heavy atom. The number of hydrogen-bond acceptors (Lipinski definition) is 8. The van der Waals surface area contributed by atoms with Crippen LogP contribution in [0.25, 0.3) is 0 Å². The van der Waals surface area contributed by atoms with Gasteiger partial charge in [-0.2, -0.15) is 0 Å². The number of nitrogens with one attached hydrogen (secondary N) is 3. The second-order valence-electron chi connectivity index (χ2n) is 8.75. The van der Waals surface area contributed by atoms with Crippen molar-refractivity contribution < 1.29 is 34.2 Å². The fourth-order valence-electron chi connectivity index (χ4n) is 4.04. The summed E-state index contributed by atoms with van der Waals surface area (Å²) in [6, 6.07) is -4.20. The normalized spacial score (nSPS) is 17.7. The average molecular weight is 510 g/mol. The lowest BCUT2D eigenvalue weighted by Gasteiger charge is -2.28. The Kier molecular flexibility index (Phi) is 11.3. The molecule has 1 aliphatic heterocycles. The van der Waals surface area contributed by atoms with Gasteiger partial charge in [-0.1, -0.05) is 0 Å². The van der Waals surface area contributed by atoms with Crippen LogP contribution in [0.5, 0.6) is 0 Å². The van der Waals surface area contributed by atoms with Crippen molar-refractivity contribution in [3.8, 4) is 0 Å². The fraction of sp³-hybridized carbons (Fsp3) is 0.636. The number of H-pyrrole nitrogens is 1. The summed E-state index contributed by atoms with van der Waals surface area (Å²) in [7, 11) is 0. The summed E-state index contributed by atoms with van der Waals surface area (Å²) in [5.41, 5.74) is 11.9. The smallest absolute Gasteiger partial charge is 0.326 e.